The van der Waals surface area contributed by atoms with E-state index < -0.39 is 0 Å². The first-order chi connectivity index (χ1) is 8.16. The van der Waals surface area contributed by atoms with E-state index >= 15 is 0 Å². The summed E-state index contributed by atoms with van der Waals surface area (Å²) in [5, 5.41) is 5.91. The van der Waals surface area contributed by atoms with Crippen LogP contribution in [0.15, 0.2) is 29.6 Å². The van der Waals surface area contributed by atoms with Gasteiger partial charge in [0, 0.05) is 5.38 Å². The molecular formula is C13H17N3S. The minimum Gasteiger partial charge on any atom is -0.322 e. The molecule has 0 saturated heterocycles. The molecule has 1 heterocycles. The van der Waals surface area contributed by atoms with Gasteiger partial charge in [-0.3, -0.25) is 0 Å². The molecule has 4 heteroatoms. The molecule has 3 nitrogen and oxygen atoms in total. The van der Waals surface area contributed by atoms with Crippen molar-refractivity contribution in [2.45, 2.75) is 32.2 Å². The lowest BCUT2D eigenvalue weighted by Crippen LogP contribution is -2.13. The van der Waals surface area contributed by atoms with Gasteiger partial charge >= 0.3 is 0 Å². The molecule has 2 N–H and O–H groups in total. The zero-order chi connectivity index (χ0) is 12.3. The van der Waals surface area contributed by atoms with Crippen molar-refractivity contribution in [3.05, 3.63) is 46.5 Å². The zero-order valence-electron chi connectivity index (χ0n) is 10.1. The average Bonchev–Trinajstić information content (AvgIpc) is 2.83. The Balaban J connectivity index is 2.04. The molecule has 90 valence electrons. The summed E-state index contributed by atoms with van der Waals surface area (Å²) < 4.78 is 3.83. The van der Waals surface area contributed by atoms with Crippen LogP contribution in [0.1, 0.15) is 42.6 Å². The summed E-state index contributed by atoms with van der Waals surface area (Å²) in [7, 11) is 0. The molecule has 2 aromatic rings. The normalized spacial score (nSPS) is 12.9. The molecule has 0 aliphatic rings. The number of nitrogens with zero attached hydrogens (tertiary/aromatic N) is 2. The minimum absolute atomic E-state index is 0.0568. The van der Waals surface area contributed by atoms with Crippen LogP contribution in [0.4, 0.5) is 0 Å². The van der Waals surface area contributed by atoms with Gasteiger partial charge in [0.15, 0.2) is 0 Å². The standard InChI is InChI=1S/C13H17N3S/c1-9(2)11-5-3-10(4-6-11)7-12(14)13-8-17-16-15-13/h3-6,8-9,12H,7,14H2,1-2H3. The highest BCUT2D eigenvalue weighted by Gasteiger charge is 2.10. The third-order valence-electron chi connectivity index (χ3n) is 2.86. The highest BCUT2D eigenvalue weighted by atomic mass is 32.1. The Labute approximate surface area is 106 Å². The van der Waals surface area contributed by atoms with Crippen molar-refractivity contribution >= 4 is 11.5 Å². The third-order valence-corrected chi connectivity index (χ3v) is 3.38. The number of nitrogens with two attached hydrogens (primary N) is 1. The van der Waals surface area contributed by atoms with Crippen molar-refractivity contribution in [1.29, 1.82) is 0 Å². The molecule has 1 aromatic heterocycles. The van der Waals surface area contributed by atoms with Gasteiger partial charge in [-0.2, -0.15) is 0 Å². The molecular weight excluding hydrogens is 230 g/mol. The maximum absolute atomic E-state index is 6.07. The summed E-state index contributed by atoms with van der Waals surface area (Å²) >= 11 is 1.34. The molecule has 1 atom stereocenters. The van der Waals surface area contributed by atoms with Crippen molar-refractivity contribution in [1.82, 2.24) is 9.59 Å². The van der Waals surface area contributed by atoms with Crippen LogP contribution in [-0.4, -0.2) is 9.59 Å². The smallest absolute Gasteiger partial charge is 0.0925 e. The van der Waals surface area contributed by atoms with Crippen LogP contribution in [-0.2, 0) is 6.42 Å². The van der Waals surface area contributed by atoms with Crippen molar-refractivity contribution in [3.8, 4) is 0 Å². The molecule has 1 aromatic carbocycles. The average molecular weight is 247 g/mol. The lowest BCUT2D eigenvalue weighted by Gasteiger charge is -2.10. The topological polar surface area (TPSA) is 51.8 Å². The summed E-state index contributed by atoms with van der Waals surface area (Å²) in [6.07, 6.45) is 0.809. The van der Waals surface area contributed by atoms with Crippen molar-refractivity contribution in [3.63, 3.8) is 0 Å². The summed E-state index contributed by atoms with van der Waals surface area (Å²) in [5.74, 6) is 0.570. The van der Waals surface area contributed by atoms with Crippen molar-refractivity contribution in [2.75, 3.05) is 0 Å². The Morgan fingerprint density at radius 2 is 1.94 bits per heavy atom. The van der Waals surface area contributed by atoms with E-state index in [4.69, 9.17) is 5.73 Å². The Hall–Kier alpha value is -1.26. The fraction of sp³-hybridized carbons (Fsp3) is 0.385. The van der Waals surface area contributed by atoms with E-state index in [-0.39, 0.29) is 6.04 Å². The first kappa shape index (κ1) is 12.2. The van der Waals surface area contributed by atoms with Gasteiger partial charge in [-0.1, -0.05) is 42.6 Å². The SMILES string of the molecule is CC(C)c1ccc(CC(N)c2csnn2)cc1. The van der Waals surface area contributed by atoms with Gasteiger partial charge in [0.1, 0.15) is 0 Å². The maximum atomic E-state index is 6.07. The summed E-state index contributed by atoms with van der Waals surface area (Å²) in [5.41, 5.74) is 9.56. The van der Waals surface area contributed by atoms with Crippen LogP contribution in [0.25, 0.3) is 0 Å². The summed E-state index contributed by atoms with van der Waals surface area (Å²) in [4.78, 5) is 0. The molecule has 17 heavy (non-hydrogen) atoms. The van der Waals surface area contributed by atoms with E-state index in [1.807, 2.05) is 5.38 Å². The summed E-state index contributed by atoms with van der Waals surface area (Å²) in [6, 6.07) is 8.58. The second-order valence-corrected chi connectivity index (χ2v) is 5.15. The molecule has 0 aliphatic heterocycles. The zero-order valence-corrected chi connectivity index (χ0v) is 10.9. The van der Waals surface area contributed by atoms with E-state index in [2.05, 4.69) is 47.7 Å². The molecule has 0 spiro atoms. The predicted molar refractivity (Wildman–Crippen MR) is 71.1 cm³/mol. The lowest BCUT2D eigenvalue weighted by molar-refractivity contribution is 0.692. The van der Waals surface area contributed by atoms with Crippen molar-refractivity contribution in [2.24, 2.45) is 5.73 Å². The molecule has 0 saturated carbocycles. The van der Waals surface area contributed by atoms with Gasteiger partial charge in [-0.15, -0.1) is 5.10 Å². The number of hydrogen-bond acceptors (Lipinski definition) is 4. The molecule has 0 amide bonds. The molecule has 0 fully saturated rings. The van der Waals surface area contributed by atoms with Gasteiger partial charge in [0.25, 0.3) is 0 Å². The predicted octanol–water partition coefficient (Wildman–Crippen LogP) is 2.90. The first-order valence-corrected chi connectivity index (χ1v) is 6.62. The largest absolute Gasteiger partial charge is 0.322 e. The van der Waals surface area contributed by atoms with Crippen LogP contribution in [0, 0.1) is 0 Å². The fourth-order valence-corrected chi connectivity index (χ4v) is 2.25. The second kappa shape index (κ2) is 5.38. The van der Waals surface area contributed by atoms with Gasteiger partial charge < -0.3 is 5.73 Å². The highest BCUT2D eigenvalue weighted by molar-refractivity contribution is 7.03. The quantitative estimate of drug-likeness (QED) is 0.903. The Bertz CT molecular complexity index is 448. The third kappa shape index (κ3) is 3.11. The molecule has 2 rings (SSSR count). The van der Waals surface area contributed by atoms with Gasteiger partial charge in [-0.25, -0.2) is 0 Å². The van der Waals surface area contributed by atoms with Crippen LogP contribution in [0.3, 0.4) is 0 Å². The minimum atomic E-state index is -0.0568. The van der Waals surface area contributed by atoms with Gasteiger partial charge in [0.2, 0.25) is 0 Å². The number of aromatic nitrogens is 2. The lowest BCUT2D eigenvalue weighted by atomic mass is 9.99. The van der Waals surface area contributed by atoms with Crippen LogP contribution >= 0.6 is 11.5 Å². The van der Waals surface area contributed by atoms with E-state index in [1.165, 1.54) is 22.7 Å². The van der Waals surface area contributed by atoms with E-state index in [9.17, 15) is 0 Å². The van der Waals surface area contributed by atoms with E-state index in [0.29, 0.717) is 5.92 Å². The number of rotatable bonds is 4. The van der Waals surface area contributed by atoms with Gasteiger partial charge in [-0.05, 0) is 35.0 Å². The Kier molecular flexibility index (Phi) is 3.86. The second-order valence-electron chi connectivity index (χ2n) is 4.54. The maximum Gasteiger partial charge on any atom is 0.0925 e. The van der Waals surface area contributed by atoms with Crippen LogP contribution in [0.5, 0.6) is 0 Å². The van der Waals surface area contributed by atoms with Gasteiger partial charge in [0.05, 0.1) is 11.7 Å². The number of hydrogen-bond donors (Lipinski definition) is 1. The molecule has 1 unspecified atom stereocenters. The fourth-order valence-electron chi connectivity index (χ4n) is 1.73. The highest BCUT2D eigenvalue weighted by Crippen LogP contribution is 2.18. The molecule has 0 aliphatic carbocycles. The monoisotopic (exact) mass is 247 g/mol. The van der Waals surface area contributed by atoms with Crippen LogP contribution in [0.2, 0.25) is 0 Å². The van der Waals surface area contributed by atoms with E-state index in [0.717, 1.165) is 12.1 Å². The molecule has 0 bridgehead atoms. The van der Waals surface area contributed by atoms with Crippen LogP contribution < -0.4 is 5.73 Å². The first-order valence-electron chi connectivity index (χ1n) is 5.78. The van der Waals surface area contributed by atoms with Crippen molar-refractivity contribution < 1.29 is 0 Å². The Morgan fingerprint density at radius 3 is 2.47 bits per heavy atom. The Morgan fingerprint density at radius 1 is 1.24 bits per heavy atom. The summed E-state index contributed by atoms with van der Waals surface area (Å²) in [6.45, 7) is 4.39. The number of benzene rings is 1. The van der Waals surface area contributed by atoms with E-state index in [1.54, 1.807) is 0 Å². The molecule has 0 radical (unpaired) electrons.